The fourth-order valence-electron chi connectivity index (χ4n) is 1.45. The summed E-state index contributed by atoms with van der Waals surface area (Å²) in [5.41, 5.74) is 2.65. The van der Waals surface area contributed by atoms with Crippen LogP contribution in [0, 0.1) is 18.6 Å². The second kappa shape index (κ2) is 5.43. The number of hydrogen-bond acceptors (Lipinski definition) is 3. The summed E-state index contributed by atoms with van der Waals surface area (Å²) in [6.45, 7) is 1.64. The molecule has 2 aromatic rings. The van der Waals surface area contributed by atoms with Gasteiger partial charge in [0.05, 0.1) is 18.0 Å². The monoisotopic (exact) mass is 264 g/mol. The van der Waals surface area contributed by atoms with E-state index in [-0.39, 0.29) is 5.56 Å². The average Bonchev–Trinajstić information content (AvgIpc) is 2.78. The van der Waals surface area contributed by atoms with E-state index in [9.17, 15) is 13.6 Å². The van der Waals surface area contributed by atoms with E-state index in [1.54, 1.807) is 6.92 Å². The molecule has 0 aliphatic rings. The van der Waals surface area contributed by atoms with E-state index >= 15 is 0 Å². The van der Waals surface area contributed by atoms with Crippen molar-refractivity contribution in [1.82, 2.24) is 5.43 Å². The lowest BCUT2D eigenvalue weighted by Gasteiger charge is -1.98. The highest BCUT2D eigenvalue weighted by molar-refractivity contribution is 5.95. The molecule has 0 radical (unpaired) electrons. The molecule has 0 atom stereocenters. The topological polar surface area (TPSA) is 54.6 Å². The number of rotatable bonds is 3. The number of halogens is 2. The van der Waals surface area contributed by atoms with Gasteiger partial charge in [0, 0.05) is 11.6 Å². The van der Waals surface area contributed by atoms with Gasteiger partial charge >= 0.3 is 0 Å². The molecule has 0 saturated heterocycles. The first-order valence-electron chi connectivity index (χ1n) is 5.40. The van der Waals surface area contributed by atoms with Crippen molar-refractivity contribution in [1.29, 1.82) is 0 Å². The van der Waals surface area contributed by atoms with Crippen LogP contribution in [0.4, 0.5) is 8.78 Å². The van der Waals surface area contributed by atoms with Crippen LogP contribution in [0.25, 0.3) is 0 Å². The molecular formula is C13H10F2N2O2. The molecule has 2 rings (SSSR count). The van der Waals surface area contributed by atoms with Gasteiger partial charge in [-0.1, -0.05) is 0 Å². The van der Waals surface area contributed by atoms with Gasteiger partial charge in [0.15, 0.2) is 0 Å². The molecule has 0 bridgehead atoms. The predicted octanol–water partition coefficient (Wildman–Crippen LogP) is 2.63. The first kappa shape index (κ1) is 12.9. The number of hydrazone groups is 1. The first-order chi connectivity index (χ1) is 9.08. The van der Waals surface area contributed by atoms with E-state index in [1.165, 1.54) is 18.4 Å². The molecule has 0 spiro atoms. The number of carbonyl (C=O) groups is 1. The smallest absolute Gasteiger partial charge is 0.274 e. The normalized spacial score (nSPS) is 10.9. The van der Waals surface area contributed by atoms with Gasteiger partial charge in [-0.25, -0.2) is 14.2 Å². The standard InChI is InChI=1S/C13H10F2N2O2/c1-8-11(4-5-19-8)13(18)17-16-7-9-2-3-10(14)6-12(9)15/h2-7H,1H3,(H,17,18)/b16-7-. The number of carbonyl (C=O) groups excluding carboxylic acids is 1. The first-order valence-corrected chi connectivity index (χ1v) is 5.40. The average molecular weight is 264 g/mol. The molecule has 6 heteroatoms. The molecule has 1 aromatic heterocycles. The minimum atomic E-state index is -0.752. The van der Waals surface area contributed by atoms with Gasteiger partial charge in [-0.3, -0.25) is 4.79 Å². The lowest BCUT2D eigenvalue weighted by Crippen LogP contribution is -2.17. The summed E-state index contributed by atoms with van der Waals surface area (Å²) in [6, 6.07) is 4.57. The summed E-state index contributed by atoms with van der Waals surface area (Å²) in [7, 11) is 0. The summed E-state index contributed by atoms with van der Waals surface area (Å²) in [5, 5.41) is 3.60. The highest BCUT2D eigenvalue weighted by Crippen LogP contribution is 2.09. The molecule has 0 saturated carbocycles. The quantitative estimate of drug-likeness (QED) is 0.684. The Morgan fingerprint density at radius 2 is 2.16 bits per heavy atom. The lowest BCUT2D eigenvalue weighted by atomic mass is 10.2. The van der Waals surface area contributed by atoms with E-state index < -0.39 is 17.5 Å². The van der Waals surface area contributed by atoms with Crippen LogP contribution in [0.5, 0.6) is 0 Å². The molecule has 1 N–H and O–H groups in total. The SMILES string of the molecule is Cc1occc1C(=O)N/N=C\c1ccc(F)cc1F. The van der Waals surface area contributed by atoms with Crippen molar-refractivity contribution >= 4 is 12.1 Å². The van der Waals surface area contributed by atoms with Crippen LogP contribution in [0.3, 0.4) is 0 Å². The zero-order valence-electron chi connectivity index (χ0n) is 9.98. The van der Waals surface area contributed by atoms with Gasteiger partial charge in [0.2, 0.25) is 0 Å². The molecule has 19 heavy (non-hydrogen) atoms. The third kappa shape index (κ3) is 3.04. The Hall–Kier alpha value is -2.50. The summed E-state index contributed by atoms with van der Waals surface area (Å²) in [6.07, 6.45) is 2.48. The molecular weight excluding hydrogens is 254 g/mol. The minimum Gasteiger partial charge on any atom is -0.469 e. The van der Waals surface area contributed by atoms with Gasteiger partial charge in [-0.05, 0) is 25.1 Å². The number of furan rings is 1. The fourth-order valence-corrected chi connectivity index (χ4v) is 1.45. The Kier molecular flexibility index (Phi) is 3.70. The largest absolute Gasteiger partial charge is 0.469 e. The Balaban J connectivity index is 2.04. The number of nitrogens with one attached hydrogen (secondary N) is 1. The maximum atomic E-state index is 13.3. The fraction of sp³-hybridized carbons (Fsp3) is 0.0769. The maximum absolute atomic E-state index is 13.3. The molecule has 4 nitrogen and oxygen atoms in total. The van der Waals surface area contributed by atoms with Crippen LogP contribution in [0.1, 0.15) is 21.7 Å². The number of aryl methyl sites for hydroxylation is 1. The highest BCUT2D eigenvalue weighted by atomic mass is 19.1. The molecule has 0 fully saturated rings. The molecule has 1 heterocycles. The molecule has 0 aliphatic carbocycles. The van der Waals surface area contributed by atoms with Crippen LogP contribution in [0.15, 0.2) is 40.0 Å². The van der Waals surface area contributed by atoms with Gasteiger partial charge in [-0.15, -0.1) is 0 Å². The van der Waals surface area contributed by atoms with Crippen LogP contribution in [-0.4, -0.2) is 12.1 Å². The Morgan fingerprint density at radius 1 is 1.37 bits per heavy atom. The molecule has 0 unspecified atom stereocenters. The predicted molar refractivity (Wildman–Crippen MR) is 64.9 cm³/mol. The summed E-state index contributed by atoms with van der Waals surface area (Å²) >= 11 is 0. The zero-order valence-corrected chi connectivity index (χ0v) is 9.98. The van der Waals surface area contributed by atoms with Gasteiger partial charge < -0.3 is 4.42 Å². The van der Waals surface area contributed by atoms with Crippen molar-refractivity contribution in [2.75, 3.05) is 0 Å². The van der Waals surface area contributed by atoms with Crippen molar-refractivity contribution in [3.05, 3.63) is 59.1 Å². The van der Waals surface area contributed by atoms with Crippen LogP contribution >= 0.6 is 0 Å². The Bertz CT molecular complexity index is 635. The van der Waals surface area contributed by atoms with Crippen LogP contribution < -0.4 is 5.43 Å². The Morgan fingerprint density at radius 3 is 2.79 bits per heavy atom. The molecule has 1 amide bonds. The van der Waals surface area contributed by atoms with Crippen molar-refractivity contribution in [3.8, 4) is 0 Å². The second-order valence-corrected chi connectivity index (χ2v) is 3.76. The zero-order chi connectivity index (χ0) is 13.8. The maximum Gasteiger partial charge on any atom is 0.274 e. The van der Waals surface area contributed by atoms with E-state index in [2.05, 4.69) is 10.5 Å². The number of amides is 1. The third-order valence-corrected chi connectivity index (χ3v) is 2.44. The highest BCUT2D eigenvalue weighted by Gasteiger charge is 2.10. The van der Waals surface area contributed by atoms with E-state index in [0.29, 0.717) is 11.3 Å². The van der Waals surface area contributed by atoms with Crippen molar-refractivity contribution in [3.63, 3.8) is 0 Å². The minimum absolute atomic E-state index is 0.0746. The second-order valence-electron chi connectivity index (χ2n) is 3.76. The number of hydrogen-bond donors (Lipinski definition) is 1. The van der Waals surface area contributed by atoms with Gasteiger partial charge in [0.25, 0.3) is 5.91 Å². The molecule has 1 aromatic carbocycles. The van der Waals surface area contributed by atoms with E-state index in [4.69, 9.17) is 4.42 Å². The third-order valence-electron chi connectivity index (χ3n) is 2.44. The van der Waals surface area contributed by atoms with Crippen molar-refractivity contribution in [2.24, 2.45) is 5.10 Å². The Labute approximate surface area is 107 Å². The number of nitrogens with zero attached hydrogens (tertiary/aromatic N) is 1. The van der Waals surface area contributed by atoms with E-state index in [0.717, 1.165) is 18.3 Å². The van der Waals surface area contributed by atoms with E-state index in [1.807, 2.05) is 0 Å². The lowest BCUT2D eigenvalue weighted by molar-refractivity contribution is 0.0953. The van der Waals surface area contributed by atoms with Gasteiger partial charge in [0.1, 0.15) is 17.4 Å². The molecule has 98 valence electrons. The van der Waals surface area contributed by atoms with Crippen LogP contribution in [0.2, 0.25) is 0 Å². The van der Waals surface area contributed by atoms with Crippen molar-refractivity contribution < 1.29 is 18.0 Å². The summed E-state index contributed by atoms with van der Waals surface area (Å²) < 4.78 is 30.9. The summed E-state index contributed by atoms with van der Waals surface area (Å²) in [5.74, 6) is -1.43. The summed E-state index contributed by atoms with van der Waals surface area (Å²) in [4.78, 5) is 11.6. The molecule has 0 aliphatic heterocycles. The number of benzene rings is 1. The van der Waals surface area contributed by atoms with Crippen molar-refractivity contribution in [2.45, 2.75) is 6.92 Å². The van der Waals surface area contributed by atoms with Gasteiger partial charge in [-0.2, -0.15) is 5.10 Å². The van der Waals surface area contributed by atoms with Crippen LogP contribution in [-0.2, 0) is 0 Å².